The van der Waals surface area contributed by atoms with Crippen molar-refractivity contribution in [1.29, 1.82) is 0 Å². The fourth-order valence-electron chi connectivity index (χ4n) is 2.09. The number of methoxy groups -OCH3 is 1. The van der Waals surface area contributed by atoms with Crippen LogP contribution in [0.5, 0.6) is 5.75 Å². The molecule has 8 heteroatoms. The van der Waals surface area contributed by atoms with E-state index >= 15 is 0 Å². The second kappa shape index (κ2) is 9.61. The van der Waals surface area contributed by atoms with Crippen LogP contribution in [-0.4, -0.2) is 36.0 Å². The van der Waals surface area contributed by atoms with E-state index < -0.39 is 0 Å². The van der Waals surface area contributed by atoms with Gasteiger partial charge in [0.25, 0.3) is 0 Å². The summed E-state index contributed by atoms with van der Waals surface area (Å²) in [7, 11) is 1.61. The molecule has 2 aromatic rings. The van der Waals surface area contributed by atoms with Crippen LogP contribution in [0.2, 0.25) is 0 Å². The Morgan fingerprint density at radius 1 is 1.33 bits per heavy atom. The van der Waals surface area contributed by atoms with Crippen molar-refractivity contribution in [2.24, 2.45) is 4.99 Å². The van der Waals surface area contributed by atoms with E-state index in [4.69, 9.17) is 9.47 Å². The number of rotatable bonds is 6. The van der Waals surface area contributed by atoms with Crippen molar-refractivity contribution in [3.63, 3.8) is 0 Å². The van der Waals surface area contributed by atoms with E-state index in [-0.39, 0.29) is 29.6 Å². The van der Waals surface area contributed by atoms with Gasteiger partial charge in [-0.05, 0) is 38.1 Å². The number of benzene rings is 1. The normalized spacial score (nSPS) is 11.1. The largest absolute Gasteiger partial charge is 0.497 e. The number of carbonyl (C=O) groups is 1. The van der Waals surface area contributed by atoms with E-state index in [9.17, 15) is 9.90 Å². The molecule has 0 aliphatic heterocycles. The number of thiazole rings is 1. The van der Waals surface area contributed by atoms with Crippen LogP contribution in [0.25, 0.3) is 0 Å². The molecular weight excluding hydrogens is 396 g/mol. The number of ether oxygens (including phenoxy) is 2. The SMILES string of the molecule is Br.CCOC(=O)c1sc(=Nc2ccc(OC)cc2)n(CCO)c1C. The van der Waals surface area contributed by atoms with Crippen LogP contribution < -0.4 is 9.54 Å². The molecule has 1 aromatic heterocycles. The number of hydrogen-bond donors (Lipinski definition) is 1. The van der Waals surface area contributed by atoms with Gasteiger partial charge in [-0.25, -0.2) is 9.79 Å². The van der Waals surface area contributed by atoms with Crippen molar-refractivity contribution in [3.8, 4) is 5.75 Å². The third-order valence-electron chi connectivity index (χ3n) is 3.24. The smallest absolute Gasteiger partial charge is 0.350 e. The van der Waals surface area contributed by atoms with Gasteiger partial charge in [-0.1, -0.05) is 11.3 Å². The lowest BCUT2D eigenvalue weighted by molar-refractivity contribution is 0.0530. The number of halogens is 1. The minimum absolute atomic E-state index is 0. The van der Waals surface area contributed by atoms with E-state index in [2.05, 4.69) is 4.99 Å². The van der Waals surface area contributed by atoms with Gasteiger partial charge < -0.3 is 19.1 Å². The standard InChI is InChI=1S/C16H20N2O4S.BrH/c1-4-22-15(20)14-11(2)18(9-10-19)16(23-14)17-12-5-7-13(21-3)8-6-12;/h5-8,19H,4,9-10H2,1-3H3;1H. The topological polar surface area (TPSA) is 73.0 Å². The number of hydrogen-bond acceptors (Lipinski definition) is 6. The van der Waals surface area contributed by atoms with Crippen LogP contribution in [0.3, 0.4) is 0 Å². The average Bonchev–Trinajstić information content (AvgIpc) is 2.86. The number of nitrogens with zero attached hydrogens (tertiary/aromatic N) is 2. The lowest BCUT2D eigenvalue weighted by atomic mass is 10.3. The molecule has 1 aromatic carbocycles. The molecule has 0 aliphatic rings. The fourth-order valence-corrected chi connectivity index (χ4v) is 3.16. The molecule has 0 unspecified atom stereocenters. The van der Waals surface area contributed by atoms with Crippen LogP contribution in [0.1, 0.15) is 22.3 Å². The minimum Gasteiger partial charge on any atom is -0.497 e. The maximum Gasteiger partial charge on any atom is 0.350 e. The third kappa shape index (κ3) is 4.68. The Morgan fingerprint density at radius 2 is 2.00 bits per heavy atom. The van der Waals surface area contributed by atoms with Crippen LogP contribution in [-0.2, 0) is 11.3 Å². The molecule has 0 fully saturated rings. The Balaban J connectivity index is 0.00000288. The van der Waals surface area contributed by atoms with Crippen molar-refractivity contribution in [1.82, 2.24) is 4.57 Å². The summed E-state index contributed by atoms with van der Waals surface area (Å²) in [6.07, 6.45) is 0. The van der Waals surface area contributed by atoms with Gasteiger partial charge in [0.2, 0.25) is 0 Å². The molecule has 1 heterocycles. The first-order valence-electron chi connectivity index (χ1n) is 7.27. The van der Waals surface area contributed by atoms with Crippen molar-refractivity contribution in [3.05, 3.63) is 39.6 Å². The van der Waals surface area contributed by atoms with Crippen molar-refractivity contribution in [2.75, 3.05) is 20.3 Å². The van der Waals surface area contributed by atoms with E-state index in [1.54, 1.807) is 14.0 Å². The molecular formula is C16H21BrN2O4S. The zero-order chi connectivity index (χ0) is 16.8. The molecule has 0 aliphatic carbocycles. The molecule has 0 amide bonds. The molecule has 0 bridgehead atoms. The van der Waals surface area contributed by atoms with E-state index in [0.717, 1.165) is 17.1 Å². The zero-order valence-corrected chi connectivity index (χ0v) is 16.3. The van der Waals surface area contributed by atoms with Gasteiger partial charge in [-0.2, -0.15) is 0 Å². The van der Waals surface area contributed by atoms with Crippen LogP contribution in [0, 0.1) is 6.92 Å². The summed E-state index contributed by atoms with van der Waals surface area (Å²) in [6.45, 7) is 4.25. The summed E-state index contributed by atoms with van der Waals surface area (Å²) in [5.74, 6) is 0.389. The summed E-state index contributed by atoms with van der Waals surface area (Å²) < 4.78 is 12.0. The Bertz CT molecular complexity index is 738. The lowest BCUT2D eigenvalue weighted by Gasteiger charge is -2.04. The van der Waals surface area contributed by atoms with E-state index in [1.165, 1.54) is 11.3 Å². The molecule has 0 saturated carbocycles. The van der Waals surface area contributed by atoms with Gasteiger partial charge in [0.05, 0.1) is 26.0 Å². The summed E-state index contributed by atoms with van der Waals surface area (Å²) in [5.41, 5.74) is 1.49. The first-order valence-corrected chi connectivity index (χ1v) is 8.09. The molecule has 0 atom stereocenters. The van der Waals surface area contributed by atoms with E-state index in [0.29, 0.717) is 22.8 Å². The summed E-state index contributed by atoms with van der Waals surface area (Å²) in [6, 6.07) is 7.31. The van der Waals surface area contributed by atoms with Gasteiger partial charge in [0.15, 0.2) is 4.80 Å². The predicted octanol–water partition coefficient (Wildman–Crippen LogP) is 2.85. The predicted molar refractivity (Wildman–Crippen MR) is 98.6 cm³/mol. The number of carbonyl (C=O) groups excluding carboxylic acids is 1. The number of aliphatic hydroxyl groups excluding tert-OH is 1. The lowest BCUT2D eigenvalue weighted by Crippen LogP contribution is -2.18. The van der Waals surface area contributed by atoms with Crippen molar-refractivity contribution in [2.45, 2.75) is 20.4 Å². The molecule has 2 rings (SSSR count). The Kier molecular flexibility index (Phi) is 8.17. The molecule has 6 nitrogen and oxygen atoms in total. The number of aliphatic hydroxyl groups is 1. The maximum absolute atomic E-state index is 12.0. The molecule has 0 spiro atoms. The highest BCUT2D eigenvalue weighted by Gasteiger charge is 2.17. The van der Waals surface area contributed by atoms with Gasteiger partial charge in [0.1, 0.15) is 10.6 Å². The average molecular weight is 417 g/mol. The summed E-state index contributed by atoms with van der Waals surface area (Å²) >= 11 is 1.26. The second-order valence-corrected chi connectivity index (χ2v) is 5.68. The summed E-state index contributed by atoms with van der Waals surface area (Å²) in [5, 5.41) is 9.26. The van der Waals surface area contributed by atoms with Gasteiger partial charge >= 0.3 is 5.97 Å². The molecule has 24 heavy (non-hydrogen) atoms. The van der Waals surface area contributed by atoms with E-state index in [1.807, 2.05) is 35.8 Å². The molecule has 0 radical (unpaired) electrons. The highest BCUT2D eigenvalue weighted by Crippen LogP contribution is 2.19. The van der Waals surface area contributed by atoms with Crippen LogP contribution in [0.15, 0.2) is 29.3 Å². The number of esters is 1. The highest BCUT2D eigenvalue weighted by atomic mass is 79.9. The van der Waals surface area contributed by atoms with Crippen LogP contribution >= 0.6 is 28.3 Å². The van der Waals surface area contributed by atoms with Gasteiger partial charge in [-0.15, -0.1) is 17.0 Å². The quantitative estimate of drug-likeness (QED) is 0.734. The Morgan fingerprint density at radius 3 is 2.54 bits per heavy atom. The Hall–Kier alpha value is -1.64. The van der Waals surface area contributed by atoms with Crippen LogP contribution in [0.4, 0.5) is 5.69 Å². The van der Waals surface area contributed by atoms with Crippen molar-refractivity contribution < 1.29 is 19.4 Å². The maximum atomic E-state index is 12.0. The molecule has 0 saturated heterocycles. The fraction of sp³-hybridized carbons (Fsp3) is 0.375. The minimum atomic E-state index is -0.363. The van der Waals surface area contributed by atoms with Gasteiger partial charge in [-0.3, -0.25) is 0 Å². The third-order valence-corrected chi connectivity index (χ3v) is 4.40. The first-order chi connectivity index (χ1) is 11.1. The first kappa shape index (κ1) is 20.4. The molecule has 132 valence electrons. The molecule has 1 N–H and O–H groups in total. The zero-order valence-electron chi connectivity index (χ0n) is 13.8. The second-order valence-electron chi connectivity index (χ2n) is 4.70. The monoisotopic (exact) mass is 416 g/mol. The van der Waals surface area contributed by atoms with Crippen molar-refractivity contribution >= 4 is 40.0 Å². The summed E-state index contributed by atoms with van der Waals surface area (Å²) in [4.78, 5) is 17.7. The number of aromatic nitrogens is 1. The van der Waals surface area contributed by atoms with Gasteiger partial charge in [0, 0.05) is 12.2 Å². The highest BCUT2D eigenvalue weighted by molar-refractivity contribution is 8.93. The Labute approximate surface area is 155 Å².